The highest BCUT2D eigenvalue weighted by molar-refractivity contribution is 7.59. The van der Waals surface area contributed by atoms with E-state index in [1.54, 1.807) is 0 Å². The summed E-state index contributed by atoms with van der Waals surface area (Å²) in [4.78, 5) is 0. The molecule has 0 aromatic carbocycles. The van der Waals surface area contributed by atoms with Crippen molar-refractivity contribution in [1.29, 1.82) is 0 Å². The lowest BCUT2D eigenvalue weighted by atomic mass is 10.5. The number of hydrogen-bond acceptors (Lipinski definition) is 1. The molecule has 0 saturated heterocycles. The van der Waals surface area contributed by atoms with Crippen molar-refractivity contribution in [2.75, 3.05) is 0 Å². The maximum Gasteiger partial charge on any atom is -0.0680 e. The first-order valence-electron chi connectivity index (χ1n) is 1.90. The zero-order valence-corrected chi connectivity index (χ0v) is 4.11. The SMILES string of the molecule is [S-]C1C=CC=C1. The van der Waals surface area contributed by atoms with Crippen molar-refractivity contribution in [3.63, 3.8) is 0 Å². The van der Waals surface area contributed by atoms with E-state index in [2.05, 4.69) is 0 Å². The van der Waals surface area contributed by atoms with Crippen LogP contribution in [-0.2, 0) is 12.6 Å². The Morgan fingerprint density at radius 1 is 1.17 bits per heavy atom. The zero-order chi connectivity index (χ0) is 4.41. The van der Waals surface area contributed by atoms with E-state index in [-0.39, 0.29) is 5.25 Å². The summed E-state index contributed by atoms with van der Waals surface area (Å²) in [6.45, 7) is 0. The average molecular weight is 97.2 g/mol. The molecule has 1 heteroatoms. The molecule has 32 valence electrons. The largest absolute Gasteiger partial charge is 0.781 e. The van der Waals surface area contributed by atoms with Gasteiger partial charge >= 0.3 is 0 Å². The van der Waals surface area contributed by atoms with Crippen LogP contribution in [0.3, 0.4) is 0 Å². The number of hydrogen-bond donors (Lipinski definition) is 0. The first kappa shape index (κ1) is 4.00. The third kappa shape index (κ3) is 0.658. The lowest BCUT2D eigenvalue weighted by Crippen LogP contribution is -1.84. The van der Waals surface area contributed by atoms with Crippen LogP contribution < -0.4 is 0 Å². The van der Waals surface area contributed by atoms with Crippen LogP contribution in [0.25, 0.3) is 0 Å². The maximum atomic E-state index is 4.83. The minimum absolute atomic E-state index is 0.269. The minimum atomic E-state index is 0.269. The summed E-state index contributed by atoms with van der Waals surface area (Å²) in [7, 11) is 0. The van der Waals surface area contributed by atoms with Crippen molar-refractivity contribution in [2.24, 2.45) is 0 Å². The summed E-state index contributed by atoms with van der Waals surface area (Å²) in [6, 6.07) is 0. The zero-order valence-electron chi connectivity index (χ0n) is 3.29. The molecule has 6 heavy (non-hydrogen) atoms. The Morgan fingerprint density at radius 3 is 1.83 bits per heavy atom. The Kier molecular flexibility index (Phi) is 1.01. The molecule has 0 radical (unpaired) electrons. The Hall–Kier alpha value is -0.170. The average Bonchev–Trinajstić information content (AvgIpc) is 1.86. The van der Waals surface area contributed by atoms with Crippen molar-refractivity contribution in [3.8, 4) is 0 Å². The van der Waals surface area contributed by atoms with Crippen LogP contribution in [0.1, 0.15) is 0 Å². The van der Waals surface area contributed by atoms with Gasteiger partial charge in [0.25, 0.3) is 0 Å². The molecule has 0 aliphatic heterocycles. The highest BCUT2D eigenvalue weighted by Gasteiger charge is 1.79. The van der Waals surface area contributed by atoms with Gasteiger partial charge in [-0.15, -0.1) is 17.4 Å². The second-order valence-corrected chi connectivity index (χ2v) is 1.78. The predicted molar refractivity (Wildman–Crippen MR) is 29.4 cm³/mol. The molecule has 1 aliphatic rings. The standard InChI is InChI=1S/C5H6S/c6-5-3-1-2-4-5/h1-6H/p-1. The fourth-order valence-corrected chi connectivity index (χ4v) is 0.593. The Bertz CT molecular complexity index is 80.1. The van der Waals surface area contributed by atoms with Crippen LogP contribution in [-0.4, -0.2) is 5.25 Å². The third-order valence-corrected chi connectivity index (χ3v) is 1.03. The normalized spacial score (nSPS) is 20.2. The summed E-state index contributed by atoms with van der Waals surface area (Å²) in [5.41, 5.74) is 0. The van der Waals surface area contributed by atoms with Gasteiger partial charge in [-0.25, -0.2) is 0 Å². The van der Waals surface area contributed by atoms with Crippen molar-refractivity contribution < 1.29 is 0 Å². The van der Waals surface area contributed by atoms with Gasteiger partial charge in [0.15, 0.2) is 0 Å². The smallest absolute Gasteiger partial charge is 0.0680 e. The number of rotatable bonds is 0. The fraction of sp³-hybridized carbons (Fsp3) is 0.200. The molecule has 1 aliphatic carbocycles. The molecule has 1 rings (SSSR count). The van der Waals surface area contributed by atoms with Gasteiger partial charge in [-0.2, -0.15) is 0 Å². The fourth-order valence-electron chi connectivity index (χ4n) is 0.411. The summed E-state index contributed by atoms with van der Waals surface area (Å²) < 4.78 is 0. The first-order chi connectivity index (χ1) is 2.89. The highest BCUT2D eigenvalue weighted by Crippen LogP contribution is 1.97. The molecule has 0 heterocycles. The van der Waals surface area contributed by atoms with E-state index in [0.717, 1.165) is 0 Å². The molecular weight excluding hydrogens is 92.1 g/mol. The van der Waals surface area contributed by atoms with Gasteiger partial charge in [0.2, 0.25) is 0 Å². The van der Waals surface area contributed by atoms with Crippen molar-refractivity contribution in [2.45, 2.75) is 5.25 Å². The molecule has 0 fully saturated rings. The molecule has 0 unspecified atom stereocenters. The van der Waals surface area contributed by atoms with Crippen molar-refractivity contribution >= 4 is 12.6 Å². The van der Waals surface area contributed by atoms with Crippen molar-refractivity contribution in [3.05, 3.63) is 24.3 Å². The summed E-state index contributed by atoms with van der Waals surface area (Å²) in [5.74, 6) is 0. The third-order valence-electron chi connectivity index (χ3n) is 0.713. The van der Waals surface area contributed by atoms with Crippen LogP contribution in [0.2, 0.25) is 0 Å². The molecule has 0 bridgehead atoms. The molecule has 0 nitrogen and oxygen atoms in total. The van der Waals surface area contributed by atoms with Crippen LogP contribution in [0, 0.1) is 0 Å². The van der Waals surface area contributed by atoms with E-state index >= 15 is 0 Å². The topological polar surface area (TPSA) is 0 Å². The molecule has 0 amide bonds. The Morgan fingerprint density at radius 2 is 1.67 bits per heavy atom. The number of allylic oxidation sites excluding steroid dienone is 2. The maximum absolute atomic E-state index is 4.83. The van der Waals surface area contributed by atoms with Crippen LogP contribution in [0.4, 0.5) is 0 Å². The van der Waals surface area contributed by atoms with E-state index in [0.29, 0.717) is 0 Å². The van der Waals surface area contributed by atoms with E-state index in [4.69, 9.17) is 12.6 Å². The van der Waals surface area contributed by atoms with Crippen LogP contribution in [0.15, 0.2) is 24.3 Å². The highest BCUT2D eigenvalue weighted by atomic mass is 32.1. The lowest BCUT2D eigenvalue weighted by molar-refractivity contribution is 1.49. The predicted octanol–water partition coefficient (Wildman–Crippen LogP) is 1.03. The summed E-state index contributed by atoms with van der Waals surface area (Å²) in [6.07, 6.45) is 7.90. The first-order valence-corrected chi connectivity index (χ1v) is 2.37. The van der Waals surface area contributed by atoms with Gasteiger partial charge in [-0.3, -0.25) is 0 Å². The molecule has 0 aromatic heterocycles. The van der Waals surface area contributed by atoms with Gasteiger partial charge in [0, 0.05) is 0 Å². The quantitative estimate of drug-likeness (QED) is 0.407. The molecule has 0 spiro atoms. The summed E-state index contributed by atoms with van der Waals surface area (Å²) >= 11 is 4.83. The Labute approximate surface area is 43.0 Å². The molecule has 0 atom stereocenters. The second kappa shape index (κ2) is 1.52. The van der Waals surface area contributed by atoms with E-state index in [1.807, 2.05) is 24.3 Å². The van der Waals surface area contributed by atoms with Gasteiger partial charge < -0.3 is 12.6 Å². The molecular formula is C5H5S-. The van der Waals surface area contributed by atoms with Crippen molar-refractivity contribution in [1.82, 2.24) is 0 Å². The molecule has 0 N–H and O–H groups in total. The van der Waals surface area contributed by atoms with E-state index in [1.165, 1.54) is 0 Å². The molecule has 0 aromatic rings. The van der Waals surface area contributed by atoms with Gasteiger partial charge in [0.05, 0.1) is 0 Å². The van der Waals surface area contributed by atoms with Crippen LogP contribution in [0.5, 0.6) is 0 Å². The van der Waals surface area contributed by atoms with E-state index < -0.39 is 0 Å². The lowest BCUT2D eigenvalue weighted by Gasteiger charge is -2.04. The van der Waals surface area contributed by atoms with E-state index in [9.17, 15) is 0 Å². The minimum Gasteiger partial charge on any atom is -0.781 e. The van der Waals surface area contributed by atoms with Crippen LogP contribution >= 0.6 is 0 Å². The second-order valence-electron chi connectivity index (χ2n) is 1.23. The van der Waals surface area contributed by atoms with Gasteiger partial charge in [-0.1, -0.05) is 12.2 Å². The monoisotopic (exact) mass is 97.0 g/mol. The summed E-state index contributed by atoms with van der Waals surface area (Å²) in [5, 5.41) is 0.269. The van der Waals surface area contributed by atoms with Gasteiger partial charge in [0.1, 0.15) is 0 Å². The van der Waals surface area contributed by atoms with Gasteiger partial charge in [-0.05, 0) is 0 Å². The molecule has 0 saturated carbocycles. The Balaban J connectivity index is 2.60.